The van der Waals surface area contributed by atoms with Crippen LogP contribution >= 0.6 is 11.5 Å². The van der Waals surface area contributed by atoms with E-state index in [1.807, 2.05) is 6.92 Å². The monoisotopic (exact) mass is 266 g/mol. The summed E-state index contributed by atoms with van der Waals surface area (Å²) in [7, 11) is 0. The number of carbonyl (C=O) groups excluding carboxylic acids is 1. The lowest BCUT2D eigenvalue weighted by molar-refractivity contribution is -0.123. The second-order valence-electron chi connectivity index (χ2n) is 5.19. The predicted octanol–water partition coefficient (Wildman–Crippen LogP) is 1.34. The fraction of sp³-hybridized carbons (Fsp3) is 0.750. The molecule has 18 heavy (non-hydrogen) atoms. The molecule has 1 N–H and O–H groups in total. The average Bonchev–Trinajstić information content (AvgIpc) is 3.12. The molecule has 0 aromatic carbocycles. The number of nitrogens with zero attached hydrogens (tertiary/aromatic N) is 3. The van der Waals surface area contributed by atoms with Gasteiger partial charge in [0.2, 0.25) is 11.0 Å². The molecule has 6 heteroatoms. The van der Waals surface area contributed by atoms with Crippen LogP contribution in [0.4, 0.5) is 5.13 Å². The molecule has 1 saturated heterocycles. The molecule has 3 rings (SSSR count). The van der Waals surface area contributed by atoms with E-state index in [2.05, 4.69) is 19.6 Å². The molecule has 98 valence electrons. The minimum absolute atomic E-state index is 0.246. The maximum atomic E-state index is 11.8. The van der Waals surface area contributed by atoms with Gasteiger partial charge in [-0.15, -0.1) is 0 Å². The van der Waals surface area contributed by atoms with Gasteiger partial charge in [-0.25, -0.2) is 4.98 Å². The van der Waals surface area contributed by atoms with Crippen LogP contribution in [0.5, 0.6) is 0 Å². The Labute approximate surface area is 111 Å². The molecule has 1 aliphatic heterocycles. The summed E-state index contributed by atoms with van der Waals surface area (Å²) in [5, 5.41) is 4.15. The highest BCUT2D eigenvalue weighted by Gasteiger charge is 2.32. The van der Waals surface area contributed by atoms with Gasteiger partial charge in [0.1, 0.15) is 5.82 Å². The lowest BCUT2D eigenvalue weighted by atomic mass is 10.1. The normalized spacial score (nSPS) is 24.1. The van der Waals surface area contributed by atoms with E-state index in [1.165, 1.54) is 11.5 Å². The molecule has 2 heterocycles. The van der Waals surface area contributed by atoms with Gasteiger partial charge in [0.05, 0.1) is 0 Å². The van der Waals surface area contributed by atoms with Crippen molar-refractivity contribution in [1.82, 2.24) is 14.7 Å². The van der Waals surface area contributed by atoms with Crippen molar-refractivity contribution in [3.05, 3.63) is 5.82 Å². The SMILES string of the molecule is Cc1nsc(N2CCCC(NC(=O)C3CC3)C2)n1. The number of aryl methyl sites for hydroxylation is 1. The van der Waals surface area contributed by atoms with Crippen LogP contribution < -0.4 is 10.2 Å². The van der Waals surface area contributed by atoms with Crippen LogP contribution in [-0.2, 0) is 4.79 Å². The van der Waals surface area contributed by atoms with Gasteiger partial charge in [-0.1, -0.05) is 0 Å². The van der Waals surface area contributed by atoms with E-state index in [1.54, 1.807) is 0 Å². The highest BCUT2D eigenvalue weighted by Crippen LogP contribution is 2.29. The number of carbonyl (C=O) groups is 1. The molecule has 1 aliphatic carbocycles. The number of anilines is 1. The third-order valence-electron chi connectivity index (χ3n) is 3.50. The lowest BCUT2D eigenvalue weighted by Crippen LogP contribution is -2.48. The van der Waals surface area contributed by atoms with Crippen LogP contribution in [0, 0.1) is 12.8 Å². The van der Waals surface area contributed by atoms with Crippen LogP contribution in [0.25, 0.3) is 0 Å². The van der Waals surface area contributed by atoms with E-state index in [9.17, 15) is 4.79 Å². The molecular weight excluding hydrogens is 248 g/mol. The first-order valence-corrected chi connectivity index (χ1v) is 7.35. The number of rotatable bonds is 3. The summed E-state index contributed by atoms with van der Waals surface area (Å²) in [4.78, 5) is 18.4. The Morgan fingerprint density at radius 3 is 2.94 bits per heavy atom. The van der Waals surface area contributed by atoms with Crippen LogP contribution in [0.1, 0.15) is 31.5 Å². The molecule has 1 aromatic rings. The highest BCUT2D eigenvalue weighted by molar-refractivity contribution is 7.09. The van der Waals surface area contributed by atoms with E-state index in [4.69, 9.17) is 0 Å². The van der Waals surface area contributed by atoms with Crippen molar-refractivity contribution in [2.24, 2.45) is 5.92 Å². The summed E-state index contributed by atoms with van der Waals surface area (Å²) < 4.78 is 4.22. The van der Waals surface area contributed by atoms with E-state index >= 15 is 0 Å². The molecule has 1 aromatic heterocycles. The largest absolute Gasteiger partial charge is 0.351 e. The number of piperidine rings is 1. The third-order valence-corrected chi connectivity index (χ3v) is 4.37. The van der Waals surface area contributed by atoms with Crippen molar-refractivity contribution in [3.8, 4) is 0 Å². The molecule has 1 unspecified atom stereocenters. The Bertz CT molecular complexity index is 443. The van der Waals surface area contributed by atoms with Gasteiger partial charge < -0.3 is 10.2 Å². The third kappa shape index (κ3) is 2.63. The Morgan fingerprint density at radius 1 is 1.44 bits per heavy atom. The molecule has 1 atom stereocenters. The zero-order chi connectivity index (χ0) is 12.5. The summed E-state index contributed by atoms with van der Waals surface area (Å²) in [6.07, 6.45) is 4.32. The van der Waals surface area contributed by atoms with Crippen LogP contribution in [-0.4, -0.2) is 34.4 Å². The highest BCUT2D eigenvalue weighted by atomic mass is 32.1. The average molecular weight is 266 g/mol. The minimum Gasteiger partial charge on any atom is -0.351 e. The molecule has 1 saturated carbocycles. The van der Waals surface area contributed by atoms with E-state index in [0.29, 0.717) is 5.92 Å². The Hall–Kier alpha value is -1.17. The summed E-state index contributed by atoms with van der Waals surface area (Å²) in [6, 6.07) is 0.274. The zero-order valence-corrected chi connectivity index (χ0v) is 11.4. The molecular formula is C12H18N4OS. The fourth-order valence-electron chi connectivity index (χ4n) is 2.35. The van der Waals surface area contributed by atoms with Crippen LogP contribution in [0.15, 0.2) is 0 Å². The van der Waals surface area contributed by atoms with Crippen molar-refractivity contribution in [2.75, 3.05) is 18.0 Å². The molecule has 1 amide bonds. The van der Waals surface area contributed by atoms with Crippen molar-refractivity contribution < 1.29 is 4.79 Å². The van der Waals surface area contributed by atoms with Gasteiger partial charge in [0.15, 0.2) is 0 Å². The van der Waals surface area contributed by atoms with E-state index in [-0.39, 0.29) is 11.9 Å². The van der Waals surface area contributed by atoms with Crippen LogP contribution in [0.2, 0.25) is 0 Å². The first-order chi connectivity index (χ1) is 8.72. The molecule has 0 bridgehead atoms. The first-order valence-electron chi connectivity index (χ1n) is 6.58. The maximum absolute atomic E-state index is 11.8. The molecule has 0 spiro atoms. The summed E-state index contributed by atoms with van der Waals surface area (Å²) in [6.45, 7) is 3.80. The van der Waals surface area contributed by atoms with Crippen LogP contribution in [0.3, 0.4) is 0 Å². The van der Waals surface area contributed by atoms with Gasteiger partial charge in [-0.3, -0.25) is 4.79 Å². The summed E-state index contributed by atoms with van der Waals surface area (Å²) in [5.74, 6) is 1.37. The number of aromatic nitrogens is 2. The van der Waals surface area contributed by atoms with E-state index in [0.717, 1.165) is 49.7 Å². The Morgan fingerprint density at radius 2 is 2.28 bits per heavy atom. The van der Waals surface area contributed by atoms with Crippen molar-refractivity contribution >= 4 is 22.6 Å². The zero-order valence-electron chi connectivity index (χ0n) is 10.6. The second kappa shape index (κ2) is 4.84. The summed E-state index contributed by atoms with van der Waals surface area (Å²) in [5.41, 5.74) is 0. The number of nitrogens with one attached hydrogen (secondary N) is 1. The van der Waals surface area contributed by atoms with Gasteiger partial charge in [0, 0.05) is 36.6 Å². The number of amides is 1. The lowest BCUT2D eigenvalue weighted by Gasteiger charge is -2.32. The second-order valence-corrected chi connectivity index (χ2v) is 5.92. The standard InChI is InChI=1S/C12H18N4OS/c1-8-13-12(18-15-8)16-6-2-3-10(7-16)14-11(17)9-4-5-9/h9-10H,2-7H2,1H3,(H,14,17). The predicted molar refractivity (Wildman–Crippen MR) is 70.7 cm³/mol. The van der Waals surface area contributed by atoms with E-state index < -0.39 is 0 Å². The minimum atomic E-state index is 0.246. The van der Waals surface area contributed by atoms with Gasteiger partial charge in [-0.05, 0) is 32.6 Å². The fourth-order valence-corrected chi connectivity index (χ4v) is 3.06. The molecule has 2 fully saturated rings. The molecule has 2 aliphatic rings. The molecule has 5 nitrogen and oxygen atoms in total. The topological polar surface area (TPSA) is 58.1 Å². The Balaban J connectivity index is 1.59. The van der Waals surface area contributed by atoms with Gasteiger partial charge in [0.25, 0.3) is 0 Å². The smallest absolute Gasteiger partial charge is 0.223 e. The number of hydrogen-bond donors (Lipinski definition) is 1. The van der Waals surface area contributed by atoms with Crippen molar-refractivity contribution in [1.29, 1.82) is 0 Å². The number of hydrogen-bond acceptors (Lipinski definition) is 5. The van der Waals surface area contributed by atoms with Gasteiger partial charge in [-0.2, -0.15) is 4.37 Å². The maximum Gasteiger partial charge on any atom is 0.223 e. The first kappa shape index (κ1) is 11.9. The van der Waals surface area contributed by atoms with Crippen molar-refractivity contribution in [2.45, 2.75) is 38.6 Å². The van der Waals surface area contributed by atoms with Crippen molar-refractivity contribution in [3.63, 3.8) is 0 Å². The summed E-state index contributed by atoms with van der Waals surface area (Å²) >= 11 is 1.45. The quantitative estimate of drug-likeness (QED) is 0.897. The van der Waals surface area contributed by atoms with Gasteiger partial charge >= 0.3 is 0 Å². The molecule has 0 radical (unpaired) electrons. The Kier molecular flexibility index (Phi) is 3.20.